The van der Waals surface area contributed by atoms with E-state index in [1.165, 1.54) is 0 Å². The van der Waals surface area contributed by atoms with Gasteiger partial charge in [-0.15, -0.1) is 0 Å². The SMILES string of the molecule is CC(CCO)CNCC(O)COc1ccccc1Cl. The van der Waals surface area contributed by atoms with E-state index in [2.05, 4.69) is 12.2 Å². The number of rotatable bonds is 9. The van der Waals surface area contributed by atoms with Gasteiger partial charge < -0.3 is 20.3 Å². The summed E-state index contributed by atoms with van der Waals surface area (Å²) in [6.45, 7) is 3.67. The average Bonchev–Trinajstić information content (AvgIpc) is 2.38. The van der Waals surface area contributed by atoms with E-state index >= 15 is 0 Å². The van der Waals surface area contributed by atoms with Crippen LogP contribution in [0.25, 0.3) is 0 Å². The summed E-state index contributed by atoms with van der Waals surface area (Å²) in [5.41, 5.74) is 0. The highest BCUT2D eigenvalue weighted by Gasteiger charge is 2.08. The van der Waals surface area contributed by atoms with E-state index in [0.29, 0.717) is 23.2 Å². The number of benzene rings is 1. The van der Waals surface area contributed by atoms with Crippen LogP contribution < -0.4 is 10.1 Å². The molecule has 0 aliphatic heterocycles. The molecule has 1 rings (SSSR count). The largest absolute Gasteiger partial charge is 0.489 e. The van der Waals surface area contributed by atoms with Crippen molar-refractivity contribution in [3.8, 4) is 5.75 Å². The molecule has 19 heavy (non-hydrogen) atoms. The van der Waals surface area contributed by atoms with Gasteiger partial charge in [0, 0.05) is 13.2 Å². The lowest BCUT2D eigenvalue weighted by molar-refractivity contribution is 0.105. The molecule has 0 fully saturated rings. The highest BCUT2D eigenvalue weighted by atomic mass is 35.5. The number of aliphatic hydroxyl groups excluding tert-OH is 2. The molecule has 0 aromatic heterocycles. The quantitative estimate of drug-likeness (QED) is 0.647. The lowest BCUT2D eigenvalue weighted by Gasteiger charge is -2.16. The van der Waals surface area contributed by atoms with E-state index in [1.807, 2.05) is 12.1 Å². The van der Waals surface area contributed by atoms with Crippen molar-refractivity contribution in [3.05, 3.63) is 29.3 Å². The maximum Gasteiger partial charge on any atom is 0.138 e. The predicted molar refractivity (Wildman–Crippen MR) is 76.7 cm³/mol. The number of hydrogen-bond acceptors (Lipinski definition) is 4. The fraction of sp³-hybridized carbons (Fsp3) is 0.571. The van der Waals surface area contributed by atoms with Gasteiger partial charge in [-0.1, -0.05) is 30.7 Å². The van der Waals surface area contributed by atoms with Crippen molar-refractivity contribution < 1.29 is 14.9 Å². The van der Waals surface area contributed by atoms with Crippen LogP contribution in [0.2, 0.25) is 5.02 Å². The van der Waals surface area contributed by atoms with E-state index < -0.39 is 6.10 Å². The fourth-order valence-corrected chi connectivity index (χ4v) is 1.82. The average molecular weight is 288 g/mol. The molecule has 0 aliphatic carbocycles. The van der Waals surface area contributed by atoms with Crippen LogP contribution in [-0.2, 0) is 0 Å². The third-order valence-electron chi connectivity index (χ3n) is 2.76. The first-order chi connectivity index (χ1) is 9.13. The Morgan fingerprint density at radius 1 is 1.32 bits per heavy atom. The smallest absolute Gasteiger partial charge is 0.138 e. The zero-order valence-corrected chi connectivity index (χ0v) is 11.9. The van der Waals surface area contributed by atoms with Gasteiger partial charge in [-0.2, -0.15) is 0 Å². The van der Waals surface area contributed by atoms with Gasteiger partial charge in [-0.3, -0.25) is 0 Å². The third-order valence-corrected chi connectivity index (χ3v) is 3.07. The zero-order valence-electron chi connectivity index (χ0n) is 11.2. The van der Waals surface area contributed by atoms with Crippen LogP contribution in [-0.4, -0.2) is 42.6 Å². The van der Waals surface area contributed by atoms with E-state index in [1.54, 1.807) is 12.1 Å². The molecule has 2 atom stereocenters. The molecule has 1 aromatic rings. The molecular formula is C14H22ClNO3. The Morgan fingerprint density at radius 2 is 2.05 bits per heavy atom. The van der Waals surface area contributed by atoms with Gasteiger partial charge in [0.1, 0.15) is 18.5 Å². The number of aliphatic hydroxyl groups is 2. The van der Waals surface area contributed by atoms with Crippen molar-refractivity contribution in [2.45, 2.75) is 19.4 Å². The first-order valence-electron chi connectivity index (χ1n) is 6.50. The van der Waals surface area contributed by atoms with Crippen LogP contribution in [0.5, 0.6) is 5.75 Å². The molecule has 0 bridgehead atoms. The molecule has 2 unspecified atom stereocenters. The standard InChI is InChI=1S/C14H22ClNO3/c1-11(6-7-17)8-16-9-12(18)10-19-14-5-3-2-4-13(14)15/h2-5,11-12,16-18H,6-10H2,1H3. The van der Waals surface area contributed by atoms with Gasteiger partial charge in [-0.05, 0) is 31.0 Å². The third kappa shape index (κ3) is 6.78. The van der Waals surface area contributed by atoms with Crippen molar-refractivity contribution in [2.24, 2.45) is 5.92 Å². The minimum absolute atomic E-state index is 0.195. The molecule has 0 saturated heterocycles. The minimum atomic E-state index is -0.586. The molecule has 108 valence electrons. The molecule has 0 aliphatic rings. The molecule has 0 saturated carbocycles. The summed E-state index contributed by atoms with van der Waals surface area (Å²) in [5.74, 6) is 0.971. The maximum absolute atomic E-state index is 9.76. The van der Waals surface area contributed by atoms with Crippen molar-refractivity contribution >= 4 is 11.6 Å². The van der Waals surface area contributed by atoms with Crippen molar-refractivity contribution in [1.29, 1.82) is 0 Å². The summed E-state index contributed by atoms with van der Waals surface area (Å²) in [6.07, 6.45) is 0.178. The minimum Gasteiger partial charge on any atom is -0.489 e. The molecule has 4 nitrogen and oxygen atoms in total. The number of para-hydroxylation sites is 1. The Morgan fingerprint density at radius 3 is 2.74 bits per heavy atom. The van der Waals surface area contributed by atoms with Gasteiger partial charge in [0.15, 0.2) is 0 Å². The first-order valence-corrected chi connectivity index (χ1v) is 6.88. The van der Waals surface area contributed by atoms with Gasteiger partial charge in [-0.25, -0.2) is 0 Å². The van der Waals surface area contributed by atoms with Gasteiger partial charge in [0.05, 0.1) is 5.02 Å². The molecule has 0 heterocycles. The molecule has 5 heteroatoms. The van der Waals surface area contributed by atoms with Crippen LogP contribution in [0.1, 0.15) is 13.3 Å². The Labute approximate surface area is 119 Å². The normalized spacial score (nSPS) is 14.1. The molecule has 0 radical (unpaired) electrons. The van der Waals surface area contributed by atoms with Gasteiger partial charge in [0.2, 0.25) is 0 Å². The second-order valence-electron chi connectivity index (χ2n) is 4.67. The first kappa shape index (κ1) is 16.2. The van der Waals surface area contributed by atoms with Crippen molar-refractivity contribution in [3.63, 3.8) is 0 Å². The van der Waals surface area contributed by atoms with Gasteiger partial charge >= 0.3 is 0 Å². The second-order valence-corrected chi connectivity index (χ2v) is 5.08. The van der Waals surface area contributed by atoms with Crippen LogP contribution in [0, 0.1) is 5.92 Å². The Bertz CT molecular complexity index is 362. The topological polar surface area (TPSA) is 61.7 Å². The Balaban J connectivity index is 2.18. The Kier molecular flexibility index (Phi) is 7.82. The van der Waals surface area contributed by atoms with Gasteiger partial charge in [0.25, 0.3) is 0 Å². The molecule has 0 amide bonds. The summed E-state index contributed by atoms with van der Waals surface area (Å²) in [5, 5.41) is 22.2. The summed E-state index contributed by atoms with van der Waals surface area (Å²) >= 11 is 5.94. The monoisotopic (exact) mass is 287 g/mol. The van der Waals surface area contributed by atoms with Crippen LogP contribution >= 0.6 is 11.6 Å². The maximum atomic E-state index is 9.76. The molecular weight excluding hydrogens is 266 g/mol. The van der Waals surface area contributed by atoms with E-state index in [4.69, 9.17) is 21.4 Å². The summed E-state index contributed by atoms with van der Waals surface area (Å²) in [6, 6.07) is 7.18. The predicted octanol–water partition coefficient (Wildman–Crippen LogP) is 1.69. The second kappa shape index (κ2) is 9.15. The zero-order chi connectivity index (χ0) is 14.1. The lowest BCUT2D eigenvalue weighted by atomic mass is 10.1. The van der Waals surface area contributed by atoms with E-state index in [0.717, 1.165) is 13.0 Å². The summed E-state index contributed by atoms with van der Waals surface area (Å²) in [4.78, 5) is 0. The molecule has 3 N–H and O–H groups in total. The highest BCUT2D eigenvalue weighted by Crippen LogP contribution is 2.22. The lowest BCUT2D eigenvalue weighted by Crippen LogP contribution is -2.34. The fourth-order valence-electron chi connectivity index (χ4n) is 1.63. The van der Waals surface area contributed by atoms with Crippen LogP contribution in [0.3, 0.4) is 0 Å². The highest BCUT2D eigenvalue weighted by molar-refractivity contribution is 6.32. The summed E-state index contributed by atoms with van der Waals surface area (Å²) < 4.78 is 5.44. The van der Waals surface area contributed by atoms with E-state index in [-0.39, 0.29) is 13.2 Å². The van der Waals surface area contributed by atoms with E-state index in [9.17, 15) is 5.11 Å². The number of nitrogens with one attached hydrogen (secondary N) is 1. The van der Waals surface area contributed by atoms with Crippen molar-refractivity contribution in [2.75, 3.05) is 26.3 Å². The molecule has 1 aromatic carbocycles. The number of hydrogen-bond donors (Lipinski definition) is 3. The van der Waals surface area contributed by atoms with Crippen LogP contribution in [0.4, 0.5) is 0 Å². The molecule has 0 spiro atoms. The number of ether oxygens (including phenoxy) is 1. The van der Waals surface area contributed by atoms with Crippen molar-refractivity contribution in [1.82, 2.24) is 5.32 Å². The van der Waals surface area contributed by atoms with Crippen LogP contribution in [0.15, 0.2) is 24.3 Å². The Hall–Kier alpha value is -0.810. The number of halogens is 1. The summed E-state index contributed by atoms with van der Waals surface area (Å²) in [7, 11) is 0.